The average molecular weight is 499 g/mol. The summed E-state index contributed by atoms with van der Waals surface area (Å²) in [5, 5.41) is 16.5. The number of hydrogen-bond donors (Lipinski definition) is 3. The summed E-state index contributed by atoms with van der Waals surface area (Å²) in [4.78, 5) is 28.6. The van der Waals surface area contributed by atoms with Crippen molar-refractivity contribution in [2.45, 2.75) is 38.3 Å². The molecule has 11 heteroatoms. The molecule has 2 fully saturated rings. The standard InChI is InChI=1S/C25H28F2N6O3/c1-14(20-6-8-28-31-20)29-24(34)18-13-33(12-15-2-3-15)9-7-21(18)30-25(35)22-11-23(36-32-22)17-5-4-16(26)10-19(17)27/h4-6,8,10-11,14-15,18,21H,2-3,7,9,12-13H2,1H3,(H,28,31)(H,29,34)(H,30,35)/t14?,18-,21-/m0/s1. The van der Waals surface area contributed by atoms with Crippen LogP contribution in [0.2, 0.25) is 0 Å². The number of benzene rings is 1. The molecular weight excluding hydrogens is 470 g/mol. The van der Waals surface area contributed by atoms with Crippen molar-refractivity contribution in [3.8, 4) is 11.3 Å². The predicted molar refractivity (Wildman–Crippen MR) is 126 cm³/mol. The first-order valence-electron chi connectivity index (χ1n) is 12.1. The molecule has 2 aliphatic rings. The molecule has 0 radical (unpaired) electrons. The van der Waals surface area contributed by atoms with Gasteiger partial charge in [-0.25, -0.2) is 8.78 Å². The molecule has 2 aromatic heterocycles. The van der Waals surface area contributed by atoms with Crippen LogP contribution in [0.15, 0.2) is 41.1 Å². The normalized spacial score (nSPS) is 21.2. The van der Waals surface area contributed by atoms with E-state index in [-0.39, 0.29) is 29.0 Å². The topological polar surface area (TPSA) is 116 Å². The molecule has 3 N–H and O–H groups in total. The quantitative estimate of drug-likeness (QED) is 0.440. The number of carbonyl (C=O) groups is 2. The Morgan fingerprint density at radius 2 is 2.06 bits per heavy atom. The maximum Gasteiger partial charge on any atom is 0.273 e. The summed E-state index contributed by atoms with van der Waals surface area (Å²) >= 11 is 0. The van der Waals surface area contributed by atoms with Gasteiger partial charge in [-0.3, -0.25) is 14.7 Å². The Morgan fingerprint density at radius 3 is 2.78 bits per heavy atom. The fourth-order valence-electron chi connectivity index (χ4n) is 4.64. The van der Waals surface area contributed by atoms with E-state index in [1.807, 2.05) is 6.92 Å². The number of piperidine rings is 1. The van der Waals surface area contributed by atoms with Crippen LogP contribution in [0.25, 0.3) is 11.3 Å². The number of halogens is 2. The van der Waals surface area contributed by atoms with Gasteiger partial charge in [0.05, 0.1) is 23.2 Å². The van der Waals surface area contributed by atoms with Crippen molar-refractivity contribution in [1.82, 2.24) is 30.9 Å². The van der Waals surface area contributed by atoms with Crippen LogP contribution in [-0.4, -0.2) is 57.7 Å². The summed E-state index contributed by atoms with van der Waals surface area (Å²) in [5.74, 6) is -1.97. The highest BCUT2D eigenvalue weighted by Gasteiger charge is 2.38. The highest BCUT2D eigenvalue weighted by atomic mass is 19.1. The molecule has 1 aromatic carbocycles. The van der Waals surface area contributed by atoms with E-state index in [9.17, 15) is 18.4 Å². The third-order valence-electron chi connectivity index (χ3n) is 6.85. The van der Waals surface area contributed by atoms with E-state index in [1.54, 1.807) is 12.3 Å². The van der Waals surface area contributed by atoms with E-state index < -0.39 is 29.5 Å². The molecule has 5 rings (SSSR count). The minimum Gasteiger partial charge on any atom is -0.355 e. The Balaban J connectivity index is 1.28. The SMILES string of the molecule is CC(NC(=O)[C@H]1CN(CC2CC2)CC[C@@H]1NC(=O)c1cc(-c2ccc(F)cc2F)on1)c1ccn[nH]1. The van der Waals surface area contributed by atoms with Crippen LogP contribution in [0.3, 0.4) is 0 Å². The van der Waals surface area contributed by atoms with E-state index in [2.05, 4.69) is 30.9 Å². The lowest BCUT2D eigenvalue weighted by molar-refractivity contribution is -0.128. The van der Waals surface area contributed by atoms with Crippen molar-refractivity contribution in [3.05, 3.63) is 59.6 Å². The summed E-state index contributed by atoms with van der Waals surface area (Å²) in [7, 11) is 0. The van der Waals surface area contributed by atoms with Gasteiger partial charge in [0.1, 0.15) is 11.6 Å². The van der Waals surface area contributed by atoms with Crippen LogP contribution in [0, 0.1) is 23.5 Å². The van der Waals surface area contributed by atoms with Crippen LogP contribution >= 0.6 is 0 Å². The molecule has 3 heterocycles. The van der Waals surface area contributed by atoms with E-state index in [1.165, 1.54) is 25.0 Å². The first kappa shape index (κ1) is 24.1. The molecule has 1 saturated heterocycles. The number of hydrogen-bond acceptors (Lipinski definition) is 6. The largest absolute Gasteiger partial charge is 0.355 e. The number of carbonyl (C=O) groups excluding carboxylic acids is 2. The molecule has 0 bridgehead atoms. The van der Waals surface area contributed by atoms with Crippen LogP contribution in [0.4, 0.5) is 8.78 Å². The van der Waals surface area contributed by atoms with Crippen LogP contribution in [-0.2, 0) is 4.79 Å². The molecule has 1 aliphatic heterocycles. The van der Waals surface area contributed by atoms with Crippen LogP contribution in [0.1, 0.15) is 48.4 Å². The van der Waals surface area contributed by atoms with E-state index in [4.69, 9.17) is 4.52 Å². The second-order valence-corrected chi connectivity index (χ2v) is 9.62. The van der Waals surface area contributed by atoms with Crippen molar-refractivity contribution in [2.75, 3.05) is 19.6 Å². The van der Waals surface area contributed by atoms with E-state index in [0.29, 0.717) is 18.9 Å². The fraction of sp³-hybridized carbons (Fsp3) is 0.440. The maximum atomic E-state index is 14.1. The molecule has 1 saturated carbocycles. The molecule has 2 amide bonds. The number of nitrogens with one attached hydrogen (secondary N) is 3. The van der Waals surface area contributed by atoms with Gasteiger partial charge in [-0.2, -0.15) is 5.10 Å². The number of likely N-dealkylation sites (tertiary alicyclic amines) is 1. The van der Waals surface area contributed by atoms with Crippen LogP contribution in [0.5, 0.6) is 0 Å². The summed E-state index contributed by atoms with van der Waals surface area (Å²) in [5.41, 5.74) is 0.748. The molecular formula is C25H28F2N6O3. The first-order chi connectivity index (χ1) is 17.4. The van der Waals surface area contributed by atoms with Gasteiger partial charge in [0.15, 0.2) is 11.5 Å². The second-order valence-electron chi connectivity index (χ2n) is 9.62. The Bertz CT molecular complexity index is 1230. The highest BCUT2D eigenvalue weighted by molar-refractivity contribution is 5.94. The van der Waals surface area contributed by atoms with Crippen molar-refractivity contribution in [1.29, 1.82) is 0 Å². The lowest BCUT2D eigenvalue weighted by atomic mass is 9.90. The molecule has 1 aliphatic carbocycles. The molecule has 0 spiro atoms. The minimum atomic E-state index is -0.815. The molecule has 190 valence electrons. The number of aromatic nitrogens is 3. The van der Waals surface area contributed by atoms with Gasteiger partial charge in [0.25, 0.3) is 5.91 Å². The molecule has 9 nitrogen and oxygen atoms in total. The molecule has 1 unspecified atom stereocenters. The average Bonchev–Trinajstić information content (AvgIpc) is 3.30. The lowest BCUT2D eigenvalue weighted by Gasteiger charge is -2.38. The van der Waals surface area contributed by atoms with Crippen molar-refractivity contribution in [2.24, 2.45) is 11.8 Å². The predicted octanol–water partition coefficient (Wildman–Crippen LogP) is 3.05. The van der Waals surface area contributed by atoms with Crippen molar-refractivity contribution < 1.29 is 22.9 Å². The number of nitrogens with zero attached hydrogens (tertiary/aromatic N) is 3. The number of rotatable bonds is 8. The third-order valence-corrected chi connectivity index (χ3v) is 6.85. The molecule has 3 atom stereocenters. The van der Waals surface area contributed by atoms with Gasteiger partial charge >= 0.3 is 0 Å². The lowest BCUT2D eigenvalue weighted by Crippen LogP contribution is -2.56. The van der Waals surface area contributed by atoms with E-state index >= 15 is 0 Å². The fourth-order valence-corrected chi connectivity index (χ4v) is 4.64. The Morgan fingerprint density at radius 1 is 1.22 bits per heavy atom. The maximum absolute atomic E-state index is 14.1. The van der Waals surface area contributed by atoms with Gasteiger partial charge in [-0.15, -0.1) is 0 Å². The van der Waals surface area contributed by atoms with Gasteiger partial charge < -0.3 is 20.1 Å². The third kappa shape index (κ3) is 5.46. The summed E-state index contributed by atoms with van der Waals surface area (Å²) in [6, 6.07) is 5.50. The van der Waals surface area contributed by atoms with Gasteiger partial charge in [0.2, 0.25) is 5.91 Å². The zero-order valence-electron chi connectivity index (χ0n) is 19.8. The summed E-state index contributed by atoms with van der Waals surface area (Å²) in [6.45, 7) is 4.13. The zero-order valence-corrected chi connectivity index (χ0v) is 19.8. The summed E-state index contributed by atoms with van der Waals surface area (Å²) < 4.78 is 32.5. The Labute approximate surface area is 206 Å². The number of H-pyrrole nitrogens is 1. The van der Waals surface area contributed by atoms with Gasteiger partial charge in [-0.05, 0) is 50.3 Å². The van der Waals surface area contributed by atoms with Crippen LogP contribution < -0.4 is 10.6 Å². The van der Waals surface area contributed by atoms with Crippen molar-refractivity contribution in [3.63, 3.8) is 0 Å². The number of amides is 2. The smallest absolute Gasteiger partial charge is 0.273 e. The van der Waals surface area contributed by atoms with Gasteiger partial charge in [0, 0.05) is 44.0 Å². The first-order valence-corrected chi connectivity index (χ1v) is 12.1. The van der Waals surface area contributed by atoms with Crippen molar-refractivity contribution >= 4 is 11.8 Å². The Hall–Kier alpha value is -3.60. The Kier molecular flexibility index (Phi) is 6.82. The molecule has 36 heavy (non-hydrogen) atoms. The summed E-state index contributed by atoms with van der Waals surface area (Å²) in [6.07, 6.45) is 4.66. The van der Waals surface area contributed by atoms with E-state index in [0.717, 1.165) is 30.9 Å². The zero-order chi connectivity index (χ0) is 25.2. The monoisotopic (exact) mass is 498 g/mol. The molecule has 3 aromatic rings. The second kappa shape index (κ2) is 10.2. The highest BCUT2D eigenvalue weighted by Crippen LogP contribution is 2.31. The minimum absolute atomic E-state index is 0.00128. The van der Waals surface area contributed by atoms with Gasteiger partial charge in [-0.1, -0.05) is 5.16 Å². The number of aromatic amines is 1.